The highest BCUT2D eigenvalue weighted by molar-refractivity contribution is 9.10. The summed E-state index contributed by atoms with van der Waals surface area (Å²) in [5.41, 5.74) is 1.77. The summed E-state index contributed by atoms with van der Waals surface area (Å²) < 4.78 is 16.0. The zero-order chi connectivity index (χ0) is 18.7. The van der Waals surface area contributed by atoms with Gasteiger partial charge in [-0.05, 0) is 30.5 Å². The molecule has 0 spiro atoms. The maximum atomic E-state index is 15.1. The number of Topliss-reactive ketones (excluding diaryl/α,β-unsaturated/α-hetero) is 1. The summed E-state index contributed by atoms with van der Waals surface area (Å²) in [4.78, 5) is 13.2. The number of hydrogen-bond acceptors (Lipinski definition) is 4. The van der Waals surface area contributed by atoms with E-state index in [1.807, 2.05) is 31.2 Å². The van der Waals surface area contributed by atoms with Crippen LogP contribution < -0.4 is 5.32 Å². The third kappa shape index (κ3) is 2.27. The standard InChI is InChI=1S/C20H21BrFN3O/c1-4-20(11-6-5-7-12(21)8-11)13-10-23-25-18(13)24-14-9-19(2,3)17(22)16(26)15(14)20/h5-8,10,17-18,24H,4,9H2,1-3H3/t17-,18?,20-/m1/s1. The fourth-order valence-corrected chi connectivity index (χ4v) is 4.96. The first-order valence-electron chi connectivity index (χ1n) is 8.86. The Morgan fingerprint density at radius 3 is 2.85 bits per heavy atom. The van der Waals surface area contributed by atoms with Gasteiger partial charge in [0, 0.05) is 26.7 Å². The maximum absolute atomic E-state index is 15.1. The van der Waals surface area contributed by atoms with Gasteiger partial charge < -0.3 is 5.32 Å². The molecule has 3 atom stereocenters. The van der Waals surface area contributed by atoms with Gasteiger partial charge in [-0.15, -0.1) is 0 Å². The number of rotatable bonds is 2. The molecule has 4 rings (SSSR count). The van der Waals surface area contributed by atoms with E-state index in [2.05, 4.69) is 31.5 Å². The van der Waals surface area contributed by atoms with Gasteiger partial charge >= 0.3 is 0 Å². The number of azo groups is 1. The van der Waals surface area contributed by atoms with Crippen molar-refractivity contribution in [3.05, 3.63) is 57.3 Å². The minimum Gasteiger partial charge on any atom is -0.362 e. The normalized spacial score (nSPS) is 32.0. The van der Waals surface area contributed by atoms with Crippen LogP contribution in [0.15, 0.2) is 62.0 Å². The number of allylic oxidation sites excluding steroid dienone is 2. The van der Waals surface area contributed by atoms with Crippen molar-refractivity contribution in [1.82, 2.24) is 5.32 Å². The molecule has 1 unspecified atom stereocenters. The number of nitrogens with zero attached hydrogens (tertiary/aromatic N) is 2. The molecular formula is C20H21BrFN3O. The lowest BCUT2D eigenvalue weighted by atomic mass is 9.58. The number of carbonyl (C=O) groups excluding carboxylic acids is 1. The number of ketones is 1. The molecular weight excluding hydrogens is 397 g/mol. The Morgan fingerprint density at radius 2 is 2.15 bits per heavy atom. The van der Waals surface area contributed by atoms with E-state index in [0.29, 0.717) is 18.4 Å². The second-order valence-corrected chi connectivity index (χ2v) is 8.79. The first kappa shape index (κ1) is 17.6. The molecule has 2 heterocycles. The molecule has 1 N–H and O–H groups in total. The summed E-state index contributed by atoms with van der Waals surface area (Å²) in [6, 6.07) is 7.90. The fourth-order valence-electron chi connectivity index (χ4n) is 4.56. The molecule has 1 aromatic rings. The molecule has 6 heteroatoms. The van der Waals surface area contributed by atoms with Crippen molar-refractivity contribution in [3.63, 3.8) is 0 Å². The van der Waals surface area contributed by atoms with Gasteiger partial charge in [0.1, 0.15) is 0 Å². The quantitative estimate of drug-likeness (QED) is 0.738. The summed E-state index contributed by atoms with van der Waals surface area (Å²) in [5.74, 6) is -0.420. The molecule has 0 amide bonds. The average Bonchev–Trinajstić information content (AvgIpc) is 3.06. The van der Waals surface area contributed by atoms with E-state index in [-0.39, 0.29) is 6.17 Å². The average molecular weight is 418 g/mol. The Balaban J connectivity index is 2.02. The van der Waals surface area contributed by atoms with Crippen molar-refractivity contribution in [2.24, 2.45) is 15.6 Å². The van der Waals surface area contributed by atoms with Crippen LogP contribution in [0.25, 0.3) is 0 Å². The highest BCUT2D eigenvalue weighted by Gasteiger charge is 2.56. The first-order valence-corrected chi connectivity index (χ1v) is 9.65. The van der Waals surface area contributed by atoms with Gasteiger partial charge in [0.05, 0.1) is 11.6 Å². The van der Waals surface area contributed by atoms with Crippen molar-refractivity contribution >= 4 is 21.7 Å². The van der Waals surface area contributed by atoms with Gasteiger partial charge in [-0.3, -0.25) is 4.79 Å². The summed E-state index contributed by atoms with van der Waals surface area (Å²) in [5, 5.41) is 11.8. The Hall–Kier alpha value is -1.82. The van der Waals surface area contributed by atoms with Gasteiger partial charge in [-0.25, -0.2) is 4.39 Å². The topological polar surface area (TPSA) is 53.8 Å². The third-order valence-electron chi connectivity index (χ3n) is 5.85. The Bertz CT molecular complexity index is 889. The lowest BCUT2D eigenvalue weighted by molar-refractivity contribution is -0.126. The molecule has 0 aromatic heterocycles. The molecule has 3 aliphatic rings. The molecule has 1 aromatic carbocycles. The molecule has 0 fully saturated rings. The zero-order valence-electron chi connectivity index (χ0n) is 15.0. The number of nitrogens with one attached hydrogen (secondary N) is 1. The van der Waals surface area contributed by atoms with E-state index < -0.39 is 22.8 Å². The van der Waals surface area contributed by atoms with Crippen LogP contribution in [-0.4, -0.2) is 18.1 Å². The van der Waals surface area contributed by atoms with E-state index in [1.54, 1.807) is 20.0 Å². The summed E-state index contributed by atoms with van der Waals surface area (Å²) in [7, 11) is 0. The van der Waals surface area contributed by atoms with Crippen LogP contribution in [0.5, 0.6) is 0 Å². The van der Waals surface area contributed by atoms with Gasteiger partial charge in [0.2, 0.25) is 0 Å². The number of hydrogen-bond donors (Lipinski definition) is 1. The van der Waals surface area contributed by atoms with Crippen LogP contribution in [0.3, 0.4) is 0 Å². The van der Waals surface area contributed by atoms with Crippen LogP contribution in [-0.2, 0) is 10.2 Å². The van der Waals surface area contributed by atoms with E-state index >= 15 is 4.39 Å². The van der Waals surface area contributed by atoms with Crippen LogP contribution >= 0.6 is 15.9 Å². The van der Waals surface area contributed by atoms with Crippen molar-refractivity contribution in [1.29, 1.82) is 0 Å². The first-order chi connectivity index (χ1) is 12.3. The third-order valence-corrected chi connectivity index (χ3v) is 6.34. The van der Waals surface area contributed by atoms with Crippen molar-refractivity contribution < 1.29 is 9.18 Å². The highest BCUT2D eigenvalue weighted by Crippen LogP contribution is 2.54. The van der Waals surface area contributed by atoms with Crippen LogP contribution in [0, 0.1) is 5.41 Å². The molecule has 2 aliphatic heterocycles. The van der Waals surface area contributed by atoms with Gasteiger partial charge in [0.15, 0.2) is 18.1 Å². The lowest BCUT2D eigenvalue weighted by Gasteiger charge is -2.48. The minimum atomic E-state index is -1.52. The van der Waals surface area contributed by atoms with Crippen LogP contribution in [0.4, 0.5) is 4.39 Å². The van der Waals surface area contributed by atoms with Crippen molar-refractivity contribution in [2.75, 3.05) is 0 Å². The largest absolute Gasteiger partial charge is 0.362 e. The van der Waals surface area contributed by atoms with E-state index in [0.717, 1.165) is 21.3 Å². The maximum Gasteiger partial charge on any atom is 0.196 e. The number of carbonyl (C=O) groups is 1. The number of benzene rings is 1. The zero-order valence-corrected chi connectivity index (χ0v) is 16.6. The Morgan fingerprint density at radius 1 is 1.38 bits per heavy atom. The predicted molar refractivity (Wildman–Crippen MR) is 101 cm³/mol. The summed E-state index contributed by atoms with van der Waals surface area (Å²) >= 11 is 3.53. The van der Waals surface area contributed by atoms with Crippen molar-refractivity contribution in [2.45, 2.75) is 51.4 Å². The lowest BCUT2D eigenvalue weighted by Crippen LogP contribution is -2.54. The van der Waals surface area contributed by atoms with Gasteiger partial charge in [0.25, 0.3) is 0 Å². The molecule has 0 saturated heterocycles. The second kappa shape index (κ2) is 5.84. The van der Waals surface area contributed by atoms with E-state index in [4.69, 9.17) is 0 Å². The Labute approximate surface area is 160 Å². The number of alkyl halides is 1. The molecule has 4 nitrogen and oxygen atoms in total. The highest BCUT2D eigenvalue weighted by atomic mass is 79.9. The van der Waals surface area contributed by atoms with Gasteiger partial charge in [-0.1, -0.05) is 48.8 Å². The molecule has 0 saturated carbocycles. The summed E-state index contributed by atoms with van der Waals surface area (Å²) in [6.07, 6.45) is 1.02. The van der Waals surface area contributed by atoms with Crippen LogP contribution in [0.1, 0.15) is 39.2 Å². The smallest absolute Gasteiger partial charge is 0.196 e. The molecule has 0 bridgehead atoms. The predicted octanol–water partition coefficient (Wildman–Crippen LogP) is 4.97. The molecule has 1 aliphatic carbocycles. The second-order valence-electron chi connectivity index (χ2n) is 7.88. The molecule has 0 radical (unpaired) electrons. The molecule has 26 heavy (non-hydrogen) atoms. The van der Waals surface area contributed by atoms with Crippen LogP contribution in [0.2, 0.25) is 0 Å². The van der Waals surface area contributed by atoms with E-state index in [9.17, 15) is 4.79 Å². The SMILES string of the molecule is CC[C@@]1(c2cccc(Br)c2)C2=CN=NC2NC2=C1C(=O)[C@@H](F)C(C)(C)C2. The number of halogens is 2. The Kier molecular flexibility index (Phi) is 3.95. The van der Waals surface area contributed by atoms with Crippen molar-refractivity contribution in [3.8, 4) is 0 Å². The monoisotopic (exact) mass is 417 g/mol. The number of fused-ring (bicyclic) bond motifs is 1. The van der Waals surface area contributed by atoms with E-state index in [1.165, 1.54) is 0 Å². The van der Waals surface area contributed by atoms with Gasteiger partial charge in [-0.2, -0.15) is 10.2 Å². The fraction of sp³-hybridized carbons (Fsp3) is 0.450. The minimum absolute atomic E-state index is 0.299. The molecule has 136 valence electrons. The summed E-state index contributed by atoms with van der Waals surface area (Å²) in [6.45, 7) is 5.64.